The molecule has 0 saturated carbocycles. The lowest BCUT2D eigenvalue weighted by atomic mass is 9.92. The summed E-state index contributed by atoms with van der Waals surface area (Å²) in [4.78, 5) is 10.5. The molecule has 0 saturated heterocycles. The summed E-state index contributed by atoms with van der Waals surface area (Å²) < 4.78 is 57.7. The third kappa shape index (κ3) is 4.92. The first-order valence-corrected chi connectivity index (χ1v) is 15.5. The third-order valence-electron chi connectivity index (χ3n) is 7.14. The van der Waals surface area contributed by atoms with Crippen LogP contribution in [-0.4, -0.2) is 47.3 Å². The van der Waals surface area contributed by atoms with Gasteiger partial charge in [0.25, 0.3) is 15.7 Å². The number of hydrogen-bond donors (Lipinski definition) is 1. The second-order valence-electron chi connectivity index (χ2n) is 10.7. The normalized spacial score (nSPS) is 16.6. The zero-order valence-electron chi connectivity index (χ0n) is 22.2. The van der Waals surface area contributed by atoms with Crippen LogP contribution in [0, 0.1) is 17.0 Å². The predicted molar refractivity (Wildman–Crippen MR) is 150 cm³/mol. The van der Waals surface area contributed by atoms with Gasteiger partial charge in [0, 0.05) is 30.3 Å². The number of sulfonamides is 1. The fraction of sp³-hybridized carbons (Fsp3) is 0.286. The van der Waals surface area contributed by atoms with Gasteiger partial charge in [0.2, 0.25) is 10.0 Å². The van der Waals surface area contributed by atoms with Crippen molar-refractivity contribution in [3.8, 4) is 0 Å². The SMILES string of the molecule is Cc1ccc(S(=O)(=O)n2cc3c4c(cccc42)[C@@H](CC(C)(C)O)N(S(=O)(=O)c2ccc([N+](=O)[O-])cc2)CC3)cc1. The maximum atomic E-state index is 13.9. The zero-order chi connectivity index (χ0) is 29.0. The van der Waals surface area contributed by atoms with Crippen LogP contribution >= 0.6 is 0 Å². The summed E-state index contributed by atoms with van der Waals surface area (Å²) in [7, 11) is -8.09. The molecule has 1 aromatic heterocycles. The number of aromatic nitrogens is 1. The first-order valence-electron chi connectivity index (χ1n) is 12.6. The number of aliphatic hydroxyl groups is 1. The minimum absolute atomic E-state index is 0.0123. The van der Waals surface area contributed by atoms with E-state index in [0.29, 0.717) is 22.0 Å². The maximum Gasteiger partial charge on any atom is 0.269 e. The summed E-state index contributed by atoms with van der Waals surface area (Å²) in [6, 6.07) is 15.6. The molecular formula is C28H29N3O7S2. The quantitative estimate of drug-likeness (QED) is 0.249. The topological polar surface area (TPSA) is 140 Å². The molecule has 0 amide bonds. The largest absolute Gasteiger partial charge is 0.390 e. The van der Waals surface area contributed by atoms with E-state index in [1.807, 2.05) is 6.92 Å². The van der Waals surface area contributed by atoms with Crippen LogP contribution < -0.4 is 0 Å². The third-order valence-corrected chi connectivity index (χ3v) is 10.7. The van der Waals surface area contributed by atoms with Crippen LogP contribution in [0.3, 0.4) is 0 Å². The Morgan fingerprint density at radius 2 is 1.55 bits per heavy atom. The van der Waals surface area contributed by atoms with Gasteiger partial charge in [-0.05, 0) is 75.1 Å². The van der Waals surface area contributed by atoms with E-state index in [0.717, 1.165) is 17.7 Å². The number of benzene rings is 3. The maximum absolute atomic E-state index is 13.9. The number of nitrogens with zero attached hydrogens (tertiary/aromatic N) is 3. The Morgan fingerprint density at radius 3 is 2.15 bits per heavy atom. The molecule has 0 bridgehead atoms. The van der Waals surface area contributed by atoms with Crippen molar-refractivity contribution in [1.82, 2.24) is 8.28 Å². The second-order valence-corrected chi connectivity index (χ2v) is 14.4. The zero-order valence-corrected chi connectivity index (χ0v) is 23.8. The molecule has 4 aromatic rings. The van der Waals surface area contributed by atoms with E-state index in [9.17, 15) is 32.1 Å². The van der Waals surface area contributed by atoms with Crippen LogP contribution in [0.15, 0.2) is 82.7 Å². The van der Waals surface area contributed by atoms with Crippen LogP contribution in [0.25, 0.3) is 10.9 Å². The minimum Gasteiger partial charge on any atom is -0.390 e. The smallest absolute Gasteiger partial charge is 0.269 e. The first kappa shape index (κ1) is 28.0. The molecule has 1 N–H and O–H groups in total. The molecule has 1 atom stereocenters. The Bertz CT molecular complexity index is 1820. The highest BCUT2D eigenvalue weighted by Crippen LogP contribution is 2.42. The first-order chi connectivity index (χ1) is 18.7. The minimum atomic E-state index is -4.15. The molecule has 1 aliphatic heterocycles. The van der Waals surface area contributed by atoms with Gasteiger partial charge in [0.05, 0.1) is 31.9 Å². The lowest BCUT2D eigenvalue weighted by molar-refractivity contribution is -0.384. The van der Waals surface area contributed by atoms with Crippen molar-refractivity contribution in [2.24, 2.45) is 0 Å². The highest BCUT2D eigenvalue weighted by Gasteiger charge is 2.39. The van der Waals surface area contributed by atoms with Crippen molar-refractivity contribution in [3.05, 3.63) is 99.7 Å². The Balaban J connectivity index is 1.67. The molecule has 0 fully saturated rings. The Labute approximate surface area is 232 Å². The van der Waals surface area contributed by atoms with Crippen molar-refractivity contribution < 1.29 is 26.9 Å². The lowest BCUT2D eigenvalue weighted by Gasteiger charge is -2.34. The van der Waals surface area contributed by atoms with E-state index in [-0.39, 0.29) is 34.9 Å². The van der Waals surface area contributed by atoms with Crippen molar-refractivity contribution >= 4 is 36.6 Å². The molecule has 0 unspecified atom stereocenters. The average molecular weight is 584 g/mol. The lowest BCUT2D eigenvalue weighted by Crippen LogP contribution is -2.39. The van der Waals surface area contributed by atoms with Gasteiger partial charge < -0.3 is 5.11 Å². The summed E-state index contributed by atoms with van der Waals surface area (Å²) in [5.41, 5.74) is 1.10. The molecule has 12 heteroatoms. The number of non-ortho nitro benzene ring substituents is 1. The summed E-state index contributed by atoms with van der Waals surface area (Å²) in [6.45, 7) is 5.06. The average Bonchev–Trinajstić information content (AvgIpc) is 3.19. The monoisotopic (exact) mass is 583 g/mol. The predicted octanol–water partition coefficient (Wildman–Crippen LogP) is 4.54. The molecule has 2 heterocycles. The van der Waals surface area contributed by atoms with Crippen molar-refractivity contribution in [3.63, 3.8) is 0 Å². The summed E-state index contributed by atoms with van der Waals surface area (Å²) in [6.07, 6.45) is 1.80. The van der Waals surface area contributed by atoms with Gasteiger partial charge in [-0.3, -0.25) is 10.1 Å². The van der Waals surface area contributed by atoms with Gasteiger partial charge in [0.1, 0.15) is 0 Å². The number of rotatable bonds is 7. The Hall–Kier alpha value is -3.58. The fourth-order valence-corrected chi connectivity index (χ4v) is 8.24. The van der Waals surface area contributed by atoms with Crippen LogP contribution in [0.5, 0.6) is 0 Å². The molecule has 3 aromatic carbocycles. The number of nitro groups is 1. The van der Waals surface area contributed by atoms with Crippen LogP contribution in [0.1, 0.15) is 43.0 Å². The van der Waals surface area contributed by atoms with Crippen LogP contribution in [0.2, 0.25) is 0 Å². The van der Waals surface area contributed by atoms with E-state index in [2.05, 4.69) is 0 Å². The van der Waals surface area contributed by atoms with Gasteiger partial charge in [-0.15, -0.1) is 0 Å². The molecule has 40 heavy (non-hydrogen) atoms. The number of aryl methyl sites for hydroxylation is 1. The summed E-state index contributed by atoms with van der Waals surface area (Å²) in [5.74, 6) is 0. The van der Waals surface area contributed by atoms with E-state index in [1.165, 1.54) is 20.4 Å². The van der Waals surface area contributed by atoms with Gasteiger partial charge in [-0.2, -0.15) is 4.31 Å². The fourth-order valence-electron chi connectivity index (χ4n) is 5.25. The van der Waals surface area contributed by atoms with Gasteiger partial charge >= 0.3 is 0 Å². The summed E-state index contributed by atoms with van der Waals surface area (Å²) >= 11 is 0. The van der Waals surface area contributed by atoms with Crippen molar-refractivity contribution in [2.75, 3.05) is 6.54 Å². The van der Waals surface area contributed by atoms with Crippen LogP contribution in [-0.2, 0) is 26.5 Å². The molecule has 0 radical (unpaired) electrons. The summed E-state index contributed by atoms with van der Waals surface area (Å²) in [5, 5.41) is 22.6. The van der Waals surface area contributed by atoms with Crippen molar-refractivity contribution in [1.29, 1.82) is 0 Å². The molecule has 0 aliphatic carbocycles. The van der Waals surface area contributed by atoms with Crippen LogP contribution in [0.4, 0.5) is 5.69 Å². The van der Waals surface area contributed by atoms with Crippen molar-refractivity contribution in [2.45, 2.75) is 55.0 Å². The molecule has 1 aliphatic rings. The number of hydrogen-bond acceptors (Lipinski definition) is 7. The van der Waals surface area contributed by atoms with Gasteiger partial charge in [-0.1, -0.05) is 29.8 Å². The second kappa shape index (κ2) is 9.81. The van der Waals surface area contributed by atoms with E-state index < -0.39 is 36.6 Å². The van der Waals surface area contributed by atoms with E-state index in [4.69, 9.17) is 0 Å². The van der Waals surface area contributed by atoms with Gasteiger partial charge in [0.15, 0.2) is 0 Å². The molecule has 0 spiro atoms. The molecule has 210 valence electrons. The standard InChI is InChI=1S/C28H29N3O7S2/c1-19-7-11-22(12-8-19)40(37,38)30-18-20-15-16-29(39(35,36)23-13-9-21(10-14-23)31(33)34)26(17-28(2,3)32)24-5-4-6-25(30)27(20)24/h4-14,18,26,32H,15-17H2,1-3H3/t26-/m1/s1. The Kier molecular flexibility index (Phi) is 6.86. The highest BCUT2D eigenvalue weighted by atomic mass is 32.2. The Morgan fingerprint density at radius 1 is 0.950 bits per heavy atom. The van der Waals surface area contributed by atoms with Gasteiger partial charge in [-0.25, -0.2) is 20.8 Å². The highest BCUT2D eigenvalue weighted by molar-refractivity contribution is 7.90. The molecular weight excluding hydrogens is 554 g/mol. The number of nitro benzene ring substituents is 1. The van der Waals surface area contributed by atoms with E-state index in [1.54, 1.807) is 62.5 Å². The van der Waals surface area contributed by atoms with E-state index >= 15 is 0 Å². The molecule has 10 nitrogen and oxygen atoms in total. The molecule has 5 rings (SSSR count).